The predicted octanol–water partition coefficient (Wildman–Crippen LogP) is 6.48. The number of aliphatic hydroxyl groups is 3. The van der Waals surface area contributed by atoms with Gasteiger partial charge in [-0.15, -0.1) is 0 Å². The number of hydrogen-bond donors (Lipinski definition) is 3. The topological polar surface area (TPSA) is 60.7 Å². The first kappa shape index (κ1) is 25.7. The van der Waals surface area contributed by atoms with E-state index in [4.69, 9.17) is 0 Å². The first-order chi connectivity index (χ1) is 15.1. The summed E-state index contributed by atoms with van der Waals surface area (Å²) in [5.41, 5.74) is 3.26. The van der Waals surface area contributed by atoms with E-state index >= 15 is 0 Å². The van der Waals surface area contributed by atoms with Crippen LogP contribution in [0.5, 0.6) is 0 Å². The highest BCUT2D eigenvalue weighted by molar-refractivity contribution is 5.38. The Kier molecular flexibility index (Phi) is 8.50. The van der Waals surface area contributed by atoms with Gasteiger partial charge in [-0.3, -0.25) is 0 Å². The summed E-state index contributed by atoms with van der Waals surface area (Å²) in [4.78, 5) is 0. The Bertz CT molecular complexity index is 716. The van der Waals surface area contributed by atoms with Gasteiger partial charge in [0.15, 0.2) is 0 Å². The van der Waals surface area contributed by atoms with Crippen molar-refractivity contribution < 1.29 is 15.3 Å². The smallest absolute Gasteiger partial charge is 0.0811 e. The summed E-state index contributed by atoms with van der Waals surface area (Å²) in [5.74, 6) is 2.10. The van der Waals surface area contributed by atoms with Crippen LogP contribution in [0.25, 0.3) is 0 Å². The second-order valence-corrected chi connectivity index (χ2v) is 11.5. The van der Waals surface area contributed by atoms with Crippen LogP contribution in [-0.2, 0) is 0 Å². The predicted molar refractivity (Wildman–Crippen MR) is 133 cm³/mol. The summed E-state index contributed by atoms with van der Waals surface area (Å²) in [6, 6.07) is 0. The number of allylic oxidation sites excluding steroid dienone is 3. The van der Waals surface area contributed by atoms with Gasteiger partial charge in [-0.2, -0.15) is 0 Å². The SMILES string of the molecule is C=C1/C(=C/C=C2/CCC[C@]3(C)[C@@H]([C@@H](C)CCCC(O)(CC)CC)CC[C@@H]23)C[C@@H](O)C[C@@H]1O. The third-order valence-electron chi connectivity index (χ3n) is 9.61. The van der Waals surface area contributed by atoms with Crippen molar-refractivity contribution in [1.29, 1.82) is 0 Å². The molecule has 0 amide bonds. The Morgan fingerprint density at radius 2 is 1.91 bits per heavy atom. The molecule has 3 aliphatic rings. The van der Waals surface area contributed by atoms with E-state index in [-0.39, 0.29) is 0 Å². The van der Waals surface area contributed by atoms with Gasteiger partial charge in [0.25, 0.3) is 0 Å². The molecule has 3 heteroatoms. The van der Waals surface area contributed by atoms with Gasteiger partial charge in [0.05, 0.1) is 17.8 Å². The largest absolute Gasteiger partial charge is 0.393 e. The van der Waals surface area contributed by atoms with Crippen LogP contribution in [0.3, 0.4) is 0 Å². The van der Waals surface area contributed by atoms with Gasteiger partial charge in [0.1, 0.15) is 0 Å². The van der Waals surface area contributed by atoms with Crippen molar-refractivity contribution in [3.63, 3.8) is 0 Å². The van der Waals surface area contributed by atoms with Crippen LogP contribution in [0.1, 0.15) is 105 Å². The van der Waals surface area contributed by atoms with Crippen molar-refractivity contribution in [2.24, 2.45) is 23.2 Å². The van der Waals surface area contributed by atoms with E-state index in [2.05, 4.69) is 46.4 Å². The van der Waals surface area contributed by atoms with Gasteiger partial charge < -0.3 is 15.3 Å². The lowest BCUT2D eigenvalue weighted by Gasteiger charge is -2.44. The van der Waals surface area contributed by atoms with Crippen LogP contribution in [0, 0.1) is 23.2 Å². The van der Waals surface area contributed by atoms with E-state index in [1.807, 2.05) is 0 Å². The van der Waals surface area contributed by atoms with E-state index < -0.39 is 17.8 Å². The zero-order valence-electron chi connectivity index (χ0n) is 21.1. The normalized spacial score (nSPS) is 37.2. The van der Waals surface area contributed by atoms with E-state index in [9.17, 15) is 15.3 Å². The van der Waals surface area contributed by atoms with Crippen LogP contribution in [0.2, 0.25) is 0 Å². The molecule has 6 atom stereocenters. The molecular weight excluding hydrogens is 396 g/mol. The molecular formula is C29H48O3. The minimum atomic E-state index is -0.616. The molecule has 0 unspecified atom stereocenters. The van der Waals surface area contributed by atoms with E-state index in [0.29, 0.717) is 30.1 Å². The highest BCUT2D eigenvalue weighted by Crippen LogP contribution is 2.60. The van der Waals surface area contributed by atoms with Crippen molar-refractivity contribution in [1.82, 2.24) is 0 Å². The molecule has 3 N–H and O–H groups in total. The van der Waals surface area contributed by atoms with Gasteiger partial charge in [-0.1, -0.05) is 64.8 Å². The van der Waals surface area contributed by atoms with Crippen LogP contribution in [0.15, 0.2) is 35.5 Å². The van der Waals surface area contributed by atoms with Gasteiger partial charge in [0, 0.05) is 6.42 Å². The fourth-order valence-corrected chi connectivity index (χ4v) is 7.24. The number of fused-ring (bicyclic) bond motifs is 1. The molecule has 0 bridgehead atoms. The molecule has 0 spiro atoms. The Morgan fingerprint density at radius 1 is 1.19 bits per heavy atom. The maximum absolute atomic E-state index is 10.6. The molecule has 0 radical (unpaired) electrons. The molecule has 3 aliphatic carbocycles. The lowest BCUT2D eigenvalue weighted by molar-refractivity contribution is 0.0178. The molecule has 0 aromatic rings. The molecule has 3 fully saturated rings. The first-order valence-corrected chi connectivity index (χ1v) is 13.3. The lowest BCUT2D eigenvalue weighted by atomic mass is 9.60. The van der Waals surface area contributed by atoms with Gasteiger partial charge in [-0.25, -0.2) is 0 Å². The molecule has 0 aromatic heterocycles. The van der Waals surface area contributed by atoms with Crippen molar-refractivity contribution in [2.45, 2.75) is 123 Å². The molecule has 0 saturated heterocycles. The molecule has 3 nitrogen and oxygen atoms in total. The van der Waals surface area contributed by atoms with E-state index in [0.717, 1.165) is 42.7 Å². The standard InChI is InChI=1S/C29H48O3/c1-6-29(32,7-2)17-8-10-20(3)25-14-15-26-22(11-9-16-28(25,26)5)12-13-23-18-24(30)19-27(31)21(23)4/h12-13,20,24-27,30-32H,4,6-11,14-19H2,1-3,5H3/b22-12-,23-13+/t20-,24+,25+,26-,27-,28+/m0/s1. The molecule has 0 aromatic carbocycles. The fraction of sp³-hybridized carbons (Fsp3) is 0.793. The molecule has 182 valence electrons. The minimum Gasteiger partial charge on any atom is -0.393 e. The zero-order valence-corrected chi connectivity index (χ0v) is 21.1. The van der Waals surface area contributed by atoms with Gasteiger partial charge >= 0.3 is 0 Å². The summed E-state index contributed by atoms with van der Waals surface area (Å²) >= 11 is 0. The Labute approximate surface area is 196 Å². The monoisotopic (exact) mass is 444 g/mol. The number of aliphatic hydroxyl groups excluding tert-OH is 2. The van der Waals surface area contributed by atoms with Crippen molar-refractivity contribution in [3.05, 3.63) is 35.5 Å². The average molecular weight is 445 g/mol. The quantitative estimate of drug-likeness (QED) is 0.401. The summed E-state index contributed by atoms with van der Waals surface area (Å²) < 4.78 is 0. The third kappa shape index (κ3) is 5.42. The number of rotatable bonds is 8. The van der Waals surface area contributed by atoms with Gasteiger partial charge in [-0.05, 0) is 92.1 Å². The van der Waals surface area contributed by atoms with Crippen LogP contribution in [0.4, 0.5) is 0 Å². The maximum Gasteiger partial charge on any atom is 0.0811 e. The second kappa shape index (κ2) is 10.6. The maximum atomic E-state index is 10.6. The Morgan fingerprint density at radius 3 is 2.59 bits per heavy atom. The molecule has 0 aliphatic heterocycles. The third-order valence-corrected chi connectivity index (χ3v) is 9.61. The van der Waals surface area contributed by atoms with Gasteiger partial charge in [0.2, 0.25) is 0 Å². The van der Waals surface area contributed by atoms with Crippen molar-refractivity contribution in [2.75, 3.05) is 0 Å². The molecule has 32 heavy (non-hydrogen) atoms. The molecule has 3 saturated carbocycles. The average Bonchev–Trinajstić information content (AvgIpc) is 3.12. The highest BCUT2D eigenvalue weighted by atomic mass is 16.3. The Hall–Kier alpha value is -0.900. The van der Waals surface area contributed by atoms with Crippen LogP contribution in [-0.4, -0.2) is 33.1 Å². The van der Waals surface area contributed by atoms with Crippen LogP contribution < -0.4 is 0 Å². The highest BCUT2D eigenvalue weighted by Gasteiger charge is 2.50. The number of hydrogen-bond acceptors (Lipinski definition) is 3. The van der Waals surface area contributed by atoms with E-state index in [1.54, 1.807) is 5.57 Å². The first-order valence-electron chi connectivity index (χ1n) is 13.3. The Balaban J connectivity index is 1.67. The minimum absolute atomic E-state index is 0.371. The second-order valence-electron chi connectivity index (χ2n) is 11.5. The summed E-state index contributed by atoms with van der Waals surface area (Å²) in [7, 11) is 0. The summed E-state index contributed by atoms with van der Waals surface area (Å²) in [5, 5.41) is 30.9. The summed E-state index contributed by atoms with van der Waals surface area (Å²) in [6.07, 6.45) is 15.7. The van der Waals surface area contributed by atoms with Crippen molar-refractivity contribution >= 4 is 0 Å². The molecule has 3 rings (SSSR count). The van der Waals surface area contributed by atoms with Crippen molar-refractivity contribution in [3.8, 4) is 0 Å². The lowest BCUT2D eigenvalue weighted by Crippen LogP contribution is -2.36. The van der Waals surface area contributed by atoms with Crippen LogP contribution >= 0.6 is 0 Å². The van der Waals surface area contributed by atoms with E-state index in [1.165, 1.54) is 38.5 Å². The fourth-order valence-electron chi connectivity index (χ4n) is 7.24. The summed E-state index contributed by atoms with van der Waals surface area (Å²) in [6.45, 7) is 13.3. The molecule has 0 heterocycles. The zero-order chi connectivity index (χ0) is 23.5.